The Balaban J connectivity index is 1.88. The van der Waals surface area contributed by atoms with Gasteiger partial charge in [-0.15, -0.1) is 0 Å². The minimum Gasteiger partial charge on any atom is -0.316 e. The summed E-state index contributed by atoms with van der Waals surface area (Å²) >= 11 is 0. The summed E-state index contributed by atoms with van der Waals surface area (Å²) in [5, 5.41) is 3.53. The molecule has 0 bridgehead atoms. The van der Waals surface area contributed by atoms with Gasteiger partial charge in [0, 0.05) is 6.04 Å². The summed E-state index contributed by atoms with van der Waals surface area (Å²) in [6, 6.07) is 0.876. The monoisotopic (exact) mass is 182 g/mol. The Hall–Kier alpha value is -0.0800. The fraction of sp³-hybridized carbons (Fsp3) is 1.00. The number of hydrogen-bond acceptors (Lipinski definition) is 2. The average Bonchev–Trinajstić information content (AvgIpc) is 2.20. The zero-order valence-corrected chi connectivity index (χ0v) is 8.76. The van der Waals surface area contributed by atoms with E-state index in [9.17, 15) is 0 Å². The van der Waals surface area contributed by atoms with Crippen LogP contribution in [0.4, 0.5) is 0 Å². The Kier molecular flexibility index (Phi) is 3.23. The molecule has 0 aliphatic carbocycles. The second kappa shape index (κ2) is 4.43. The average molecular weight is 182 g/mol. The second-order valence-electron chi connectivity index (χ2n) is 4.65. The lowest BCUT2D eigenvalue weighted by atomic mass is 9.86. The van der Waals surface area contributed by atoms with E-state index in [2.05, 4.69) is 17.3 Å². The topological polar surface area (TPSA) is 15.3 Å². The van der Waals surface area contributed by atoms with Crippen molar-refractivity contribution >= 4 is 0 Å². The van der Waals surface area contributed by atoms with Crippen LogP contribution in [0, 0.1) is 5.92 Å². The van der Waals surface area contributed by atoms with Crippen LogP contribution in [0.2, 0.25) is 0 Å². The van der Waals surface area contributed by atoms with Crippen molar-refractivity contribution in [2.75, 3.05) is 26.7 Å². The largest absolute Gasteiger partial charge is 0.316 e. The van der Waals surface area contributed by atoms with Crippen LogP contribution >= 0.6 is 0 Å². The van der Waals surface area contributed by atoms with E-state index in [1.807, 2.05) is 0 Å². The normalized spacial score (nSPS) is 37.6. The van der Waals surface area contributed by atoms with E-state index in [0.29, 0.717) is 0 Å². The third kappa shape index (κ3) is 2.23. The van der Waals surface area contributed by atoms with E-state index < -0.39 is 0 Å². The maximum atomic E-state index is 3.53. The minimum absolute atomic E-state index is 0.876. The van der Waals surface area contributed by atoms with E-state index in [1.165, 1.54) is 51.7 Å². The van der Waals surface area contributed by atoms with Gasteiger partial charge in [0.05, 0.1) is 0 Å². The maximum absolute atomic E-state index is 3.53. The van der Waals surface area contributed by atoms with Crippen LogP contribution in [0.25, 0.3) is 0 Å². The highest BCUT2D eigenvalue weighted by atomic mass is 15.1. The second-order valence-corrected chi connectivity index (χ2v) is 4.65. The summed E-state index contributed by atoms with van der Waals surface area (Å²) in [4.78, 5) is 2.58. The summed E-state index contributed by atoms with van der Waals surface area (Å²) < 4.78 is 0. The maximum Gasteiger partial charge on any atom is 0.0133 e. The molecule has 2 fully saturated rings. The van der Waals surface area contributed by atoms with Crippen LogP contribution < -0.4 is 5.32 Å². The van der Waals surface area contributed by atoms with Crippen LogP contribution in [0.3, 0.4) is 0 Å². The van der Waals surface area contributed by atoms with Gasteiger partial charge in [-0.25, -0.2) is 0 Å². The molecule has 13 heavy (non-hydrogen) atoms. The van der Waals surface area contributed by atoms with E-state index in [4.69, 9.17) is 0 Å². The standard InChI is InChI=1S/C11H22N2/c1-13-8-3-2-6-11(13)10-5-4-7-12-9-10/h10-12H,2-9H2,1H3/t10-,11+/m1/s1. The first-order chi connectivity index (χ1) is 6.38. The third-order valence-corrected chi connectivity index (χ3v) is 3.71. The van der Waals surface area contributed by atoms with Gasteiger partial charge < -0.3 is 10.2 Å². The van der Waals surface area contributed by atoms with E-state index in [-0.39, 0.29) is 0 Å². The van der Waals surface area contributed by atoms with Crippen LogP contribution in [0.1, 0.15) is 32.1 Å². The van der Waals surface area contributed by atoms with Crippen molar-refractivity contribution in [2.24, 2.45) is 5.92 Å². The first kappa shape index (κ1) is 9.47. The number of rotatable bonds is 1. The molecule has 2 saturated heterocycles. The molecule has 1 N–H and O–H groups in total. The molecule has 0 aromatic heterocycles. The van der Waals surface area contributed by atoms with Crippen LogP contribution in [0.5, 0.6) is 0 Å². The molecule has 0 spiro atoms. The first-order valence-corrected chi connectivity index (χ1v) is 5.79. The van der Waals surface area contributed by atoms with Gasteiger partial charge in [-0.2, -0.15) is 0 Å². The molecule has 2 aliphatic rings. The Morgan fingerprint density at radius 2 is 2.08 bits per heavy atom. The van der Waals surface area contributed by atoms with E-state index in [0.717, 1.165) is 12.0 Å². The highest BCUT2D eigenvalue weighted by molar-refractivity contribution is 4.84. The number of likely N-dealkylation sites (tertiary alicyclic amines) is 1. The molecule has 2 nitrogen and oxygen atoms in total. The van der Waals surface area contributed by atoms with Gasteiger partial charge in [0.2, 0.25) is 0 Å². The third-order valence-electron chi connectivity index (χ3n) is 3.71. The molecule has 2 rings (SSSR count). The fourth-order valence-electron chi connectivity index (χ4n) is 2.90. The van der Waals surface area contributed by atoms with Gasteiger partial charge >= 0.3 is 0 Å². The molecule has 76 valence electrons. The van der Waals surface area contributed by atoms with Crippen molar-refractivity contribution in [1.82, 2.24) is 10.2 Å². The van der Waals surface area contributed by atoms with E-state index >= 15 is 0 Å². The minimum atomic E-state index is 0.876. The molecule has 2 atom stereocenters. The number of hydrogen-bond donors (Lipinski definition) is 1. The smallest absolute Gasteiger partial charge is 0.0133 e. The Labute approximate surface area is 81.7 Å². The summed E-state index contributed by atoms with van der Waals surface area (Å²) in [5.74, 6) is 0.930. The van der Waals surface area contributed by atoms with Gasteiger partial charge in [0.15, 0.2) is 0 Å². The van der Waals surface area contributed by atoms with Gasteiger partial charge in [0.25, 0.3) is 0 Å². The molecular weight excluding hydrogens is 160 g/mol. The summed E-state index contributed by atoms with van der Waals surface area (Å²) in [6.07, 6.45) is 7.12. The number of nitrogens with one attached hydrogen (secondary N) is 1. The van der Waals surface area contributed by atoms with Gasteiger partial charge in [-0.3, -0.25) is 0 Å². The Morgan fingerprint density at radius 1 is 1.15 bits per heavy atom. The molecule has 2 aliphatic heterocycles. The van der Waals surface area contributed by atoms with Crippen molar-refractivity contribution in [1.29, 1.82) is 0 Å². The lowest BCUT2D eigenvalue weighted by Gasteiger charge is -2.40. The summed E-state index contributed by atoms with van der Waals surface area (Å²) in [6.45, 7) is 3.82. The number of piperidine rings is 2. The predicted octanol–water partition coefficient (Wildman–Crippen LogP) is 1.47. The highest BCUT2D eigenvalue weighted by Crippen LogP contribution is 2.25. The summed E-state index contributed by atoms with van der Waals surface area (Å²) in [5.41, 5.74) is 0. The molecule has 2 heteroatoms. The molecule has 0 aromatic carbocycles. The molecule has 2 heterocycles. The fourth-order valence-corrected chi connectivity index (χ4v) is 2.90. The quantitative estimate of drug-likeness (QED) is 0.660. The lowest BCUT2D eigenvalue weighted by molar-refractivity contribution is 0.113. The molecular formula is C11H22N2. The predicted molar refractivity (Wildman–Crippen MR) is 55.9 cm³/mol. The van der Waals surface area contributed by atoms with Gasteiger partial charge in [-0.05, 0) is 58.3 Å². The molecule has 0 unspecified atom stereocenters. The van der Waals surface area contributed by atoms with Crippen molar-refractivity contribution in [3.8, 4) is 0 Å². The Morgan fingerprint density at radius 3 is 2.77 bits per heavy atom. The van der Waals surface area contributed by atoms with Crippen LogP contribution in [-0.4, -0.2) is 37.6 Å². The van der Waals surface area contributed by atoms with Crippen molar-refractivity contribution in [3.63, 3.8) is 0 Å². The lowest BCUT2D eigenvalue weighted by Crippen LogP contribution is -2.46. The molecule has 0 aromatic rings. The molecule has 0 amide bonds. The number of nitrogens with zero attached hydrogens (tertiary/aromatic N) is 1. The summed E-state index contributed by atoms with van der Waals surface area (Å²) in [7, 11) is 2.30. The van der Waals surface area contributed by atoms with Crippen molar-refractivity contribution in [2.45, 2.75) is 38.1 Å². The Bertz CT molecular complexity index is 152. The van der Waals surface area contributed by atoms with Crippen molar-refractivity contribution in [3.05, 3.63) is 0 Å². The zero-order chi connectivity index (χ0) is 9.10. The van der Waals surface area contributed by atoms with Crippen LogP contribution in [0.15, 0.2) is 0 Å². The molecule has 0 saturated carbocycles. The van der Waals surface area contributed by atoms with E-state index in [1.54, 1.807) is 0 Å². The molecule has 0 radical (unpaired) electrons. The highest BCUT2D eigenvalue weighted by Gasteiger charge is 2.28. The first-order valence-electron chi connectivity index (χ1n) is 5.79. The van der Waals surface area contributed by atoms with Crippen molar-refractivity contribution < 1.29 is 0 Å². The SMILES string of the molecule is CN1CCCC[C@H]1[C@@H]1CCCNC1. The zero-order valence-electron chi connectivity index (χ0n) is 8.76. The van der Waals surface area contributed by atoms with Gasteiger partial charge in [-0.1, -0.05) is 6.42 Å². The van der Waals surface area contributed by atoms with Crippen LogP contribution in [-0.2, 0) is 0 Å². The van der Waals surface area contributed by atoms with Gasteiger partial charge in [0.1, 0.15) is 0 Å².